The number of hydrogen-bond donors (Lipinski definition) is 0. The van der Waals surface area contributed by atoms with Gasteiger partial charge in [0.25, 0.3) is 0 Å². The van der Waals surface area contributed by atoms with Gasteiger partial charge in [0.15, 0.2) is 0 Å². The maximum atomic E-state index is 2.30. The fourth-order valence-electron chi connectivity index (χ4n) is 2.03. The molecule has 72 valence electrons. The summed E-state index contributed by atoms with van der Waals surface area (Å²) >= 11 is 0. The Hall–Kier alpha value is -1.30. The molecule has 0 amide bonds. The Bertz CT molecular complexity index is 420. The van der Waals surface area contributed by atoms with Gasteiger partial charge in [0.1, 0.15) is 0 Å². The molecule has 0 aliphatic heterocycles. The van der Waals surface area contributed by atoms with Crippen molar-refractivity contribution in [2.45, 2.75) is 27.2 Å². The van der Waals surface area contributed by atoms with Crippen molar-refractivity contribution in [1.29, 1.82) is 0 Å². The molecule has 14 heavy (non-hydrogen) atoms. The lowest BCUT2D eigenvalue weighted by atomic mass is 9.98. The zero-order chi connectivity index (χ0) is 10.1. The Morgan fingerprint density at radius 1 is 1.07 bits per heavy atom. The largest absolute Gasteiger partial charge is 0.0772 e. The molecule has 0 heteroatoms. The van der Waals surface area contributed by atoms with Crippen LogP contribution in [-0.2, 0) is 6.42 Å². The summed E-state index contributed by atoms with van der Waals surface area (Å²) in [5, 5.41) is 0. The average Bonchev–Trinajstić information content (AvgIpc) is 2.26. The topological polar surface area (TPSA) is 0 Å². The van der Waals surface area contributed by atoms with Gasteiger partial charge in [0.05, 0.1) is 0 Å². The number of fused-ring (bicyclic) bond motifs is 1. The van der Waals surface area contributed by atoms with Crippen molar-refractivity contribution in [1.82, 2.24) is 0 Å². The predicted molar refractivity (Wildman–Crippen MR) is 62.3 cm³/mol. The number of aryl methyl sites for hydroxylation is 1. The second-order valence-electron chi connectivity index (χ2n) is 4.14. The van der Waals surface area contributed by atoms with Gasteiger partial charge < -0.3 is 0 Å². The van der Waals surface area contributed by atoms with E-state index >= 15 is 0 Å². The summed E-state index contributed by atoms with van der Waals surface area (Å²) in [5.74, 6) is 0. The Kier molecular flexibility index (Phi) is 2.28. The van der Waals surface area contributed by atoms with Gasteiger partial charge in [-0.3, -0.25) is 0 Å². The van der Waals surface area contributed by atoms with Gasteiger partial charge in [-0.1, -0.05) is 41.5 Å². The van der Waals surface area contributed by atoms with Crippen molar-refractivity contribution in [3.8, 4) is 0 Å². The summed E-state index contributed by atoms with van der Waals surface area (Å²) in [5.41, 5.74) is 6.96. The van der Waals surface area contributed by atoms with E-state index in [0.29, 0.717) is 0 Å². The number of hydrogen-bond acceptors (Lipinski definition) is 0. The molecule has 1 aromatic carbocycles. The van der Waals surface area contributed by atoms with Crippen molar-refractivity contribution in [2.24, 2.45) is 0 Å². The Balaban J connectivity index is 2.58. The molecule has 0 aromatic heterocycles. The number of rotatable bonds is 0. The van der Waals surface area contributed by atoms with Crippen molar-refractivity contribution < 1.29 is 0 Å². The minimum atomic E-state index is 1.07. The van der Waals surface area contributed by atoms with Crippen LogP contribution in [0.1, 0.15) is 30.5 Å². The monoisotopic (exact) mass is 184 g/mol. The van der Waals surface area contributed by atoms with E-state index in [1.165, 1.54) is 27.8 Å². The molecule has 0 radical (unpaired) electrons. The first-order valence-electron chi connectivity index (χ1n) is 5.12. The molecular weight excluding hydrogens is 168 g/mol. The Morgan fingerprint density at radius 2 is 1.86 bits per heavy atom. The van der Waals surface area contributed by atoms with Crippen LogP contribution in [0.3, 0.4) is 0 Å². The summed E-state index contributed by atoms with van der Waals surface area (Å²) in [6, 6.07) is 6.72. The van der Waals surface area contributed by atoms with Crippen LogP contribution in [0.25, 0.3) is 5.57 Å². The predicted octanol–water partition coefficient (Wildman–Crippen LogP) is 3.90. The second-order valence-corrected chi connectivity index (χ2v) is 4.14. The lowest BCUT2D eigenvalue weighted by Gasteiger charge is -2.07. The second kappa shape index (κ2) is 3.45. The highest BCUT2D eigenvalue weighted by Crippen LogP contribution is 2.25. The first-order chi connectivity index (χ1) is 6.66. The zero-order valence-corrected chi connectivity index (χ0v) is 9.09. The van der Waals surface area contributed by atoms with Crippen molar-refractivity contribution in [3.63, 3.8) is 0 Å². The standard InChI is InChI=1S/C14H16/c1-10-4-6-13-9-11(2)5-7-14(13)12(3)8-10/h4-5,7-9H,6H2,1-3H3. The maximum absolute atomic E-state index is 2.30. The van der Waals surface area contributed by atoms with Gasteiger partial charge in [0.2, 0.25) is 0 Å². The summed E-state index contributed by atoms with van der Waals surface area (Å²) in [7, 11) is 0. The van der Waals surface area contributed by atoms with Crippen molar-refractivity contribution in [2.75, 3.05) is 0 Å². The molecule has 0 fully saturated rings. The molecule has 1 aromatic rings. The van der Waals surface area contributed by atoms with Crippen LogP contribution in [0.15, 0.2) is 35.9 Å². The molecular formula is C14H16. The molecule has 0 atom stereocenters. The third-order valence-electron chi connectivity index (χ3n) is 2.77. The van der Waals surface area contributed by atoms with Crippen LogP contribution in [0.4, 0.5) is 0 Å². The van der Waals surface area contributed by atoms with Crippen molar-refractivity contribution in [3.05, 3.63) is 52.6 Å². The first-order valence-corrected chi connectivity index (χ1v) is 5.12. The van der Waals surface area contributed by atoms with E-state index in [1.807, 2.05) is 0 Å². The quantitative estimate of drug-likeness (QED) is 0.573. The summed E-state index contributed by atoms with van der Waals surface area (Å²) in [6.07, 6.45) is 5.63. The summed E-state index contributed by atoms with van der Waals surface area (Å²) in [6.45, 7) is 6.51. The molecule has 0 unspecified atom stereocenters. The van der Waals surface area contributed by atoms with E-state index in [0.717, 1.165) is 6.42 Å². The highest BCUT2D eigenvalue weighted by Gasteiger charge is 2.06. The molecule has 0 bridgehead atoms. The fourth-order valence-corrected chi connectivity index (χ4v) is 2.03. The van der Waals surface area contributed by atoms with Crippen LogP contribution >= 0.6 is 0 Å². The van der Waals surface area contributed by atoms with Crippen LogP contribution in [0, 0.1) is 6.92 Å². The van der Waals surface area contributed by atoms with Gasteiger partial charge in [-0.2, -0.15) is 0 Å². The summed E-state index contributed by atoms with van der Waals surface area (Å²) < 4.78 is 0. The van der Waals surface area contributed by atoms with Gasteiger partial charge in [-0.05, 0) is 43.9 Å². The Morgan fingerprint density at radius 3 is 2.64 bits per heavy atom. The molecule has 0 nitrogen and oxygen atoms in total. The fraction of sp³-hybridized carbons (Fsp3) is 0.286. The number of allylic oxidation sites excluding steroid dienone is 4. The van der Waals surface area contributed by atoms with E-state index in [4.69, 9.17) is 0 Å². The molecule has 0 spiro atoms. The van der Waals surface area contributed by atoms with E-state index in [-0.39, 0.29) is 0 Å². The molecule has 1 aliphatic rings. The highest BCUT2D eigenvalue weighted by molar-refractivity contribution is 5.70. The zero-order valence-electron chi connectivity index (χ0n) is 9.09. The normalized spacial score (nSPS) is 15.4. The van der Waals surface area contributed by atoms with Crippen LogP contribution < -0.4 is 0 Å². The minimum Gasteiger partial charge on any atom is -0.0772 e. The highest BCUT2D eigenvalue weighted by atomic mass is 14.1. The van der Waals surface area contributed by atoms with E-state index < -0.39 is 0 Å². The van der Waals surface area contributed by atoms with Gasteiger partial charge >= 0.3 is 0 Å². The van der Waals surface area contributed by atoms with E-state index in [1.54, 1.807) is 0 Å². The van der Waals surface area contributed by atoms with Gasteiger partial charge in [0, 0.05) is 0 Å². The van der Waals surface area contributed by atoms with Gasteiger partial charge in [-0.15, -0.1) is 0 Å². The van der Waals surface area contributed by atoms with E-state index in [2.05, 4.69) is 51.1 Å². The molecule has 0 saturated carbocycles. The molecule has 0 N–H and O–H groups in total. The first kappa shape index (κ1) is 9.26. The van der Waals surface area contributed by atoms with E-state index in [9.17, 15) is 0 Å². The van der Waals surface area contributed by atoms with Gasteiger partial charge in [-0.25, -0.2) is 0 Å². The Labute approximate surface area is 86.0 Å². The van der Waals surface area contributed by atoms with Crippen LogP contribution in [0.2, 0.25) is 0 Å². The maximum Gasteiger partial charge on any atom is -0.00856 e. The lowest BCUT2D eigenvalue weighted by molar-refractivity contribution is 1.22. The van der Waals surface area contributed by atoms with Crippen molar-refractivity contribution >= 4 is 5.57 Å². The molecule has 0 saturated heterocycles. The SMILES string of the molecule is CC1=CCc2cc(C)ccc2C(C)=C1. The van der Waals surface area contributed by atoms with Crippen LogP contribution in [0.5, 0.6) is 0 Å². The average molecular weight is 184 g/mol. The third-order valence-corrected chi connectivity index (χ3v) is 2.77. The van der Waals surface area contributed by atoms with Crippen LogP contribution in [-0.4, -0.2) is 0 Å². The number of benzene rings is 1. The molecule has 0 heterocycles. The molecule has 1 aliphatic carbocycles. The smallest absolute Gasteiger partial charge is 0.00856 e. The summed E-state index contributed by atoms with van der Waals surface area (Å²) in [4.78, 5) is 0. The molecule has 2 rings (SSSR count). The minimum absolute atomic E-state index is 1.07. The lowest BCUT2D eigenvalue weighted by Crippen LogP contribution is -1.89. The third kappa shape index (κ3) is 1.65.